The summed E-state index contributed by atoms with van der Waals surface area (Å²) in [6.45, 7) is 0.722. The fourth-order valence-electron chi connectivity index (χ4n) is 0.814. The zero-order valence-electron chi connectivity index (χ0n) is 14.8. The van der Waals surface area contributed by atoms with Crippen molar-refractivity contribution in [2.45, 2.75) is 0 Å². The van der Waals surface area contributed by atoms with Crippen LogP contribution in [0.4, 0.5) is 11.9 Å². The number of hydrogen-bond donors (Lipinski definition) is 2. The maximum Gasteiger partial charge on any atom is 0.183 e. The lowest BCUT2D eigenvalue weighted by atomic mass is 10.6. The highest BCUT2D eigenvalue weighted by molar-refractivity contribution is 5.10. The fourth-order valence-corrected chi connectivity index (χ4v) is 0.814. The van der Waals surface area contributed by atoms with E-state index in [0.29, 0.717) is 13.1 Å². The molecule has 4 N–H and O–H groups in total. The highest BCUT2D eigenvalue weighted by Crippen LogP contribution is 2.03. The van der Waals surface area contributed by atoms with Crippen LogP contribution in [0.15, 0.2) is 10.2 Å². The zero-order chi connectivity index (χ0) is 20.1. The quantitative estimate of drug-likeness (QED) is 0.185. The van der Waals surface area contributed by atoms with E-state index >= 15 is 0 Å². The van der Waals surface area contributed by atoms with E-state index in [1.807, 2.05) is 12.1 Å². The van der Waals surface area contributed by atoms with Crippen LogP contribution < -0.4 is 21.9 Å². The molecule has 0 amide bonds. The number of quaternary nitrogens is 2. The molecule has 0 radical (unpaired) electrons. The third kappa shape index (κ3) is 14.2. The van der Waals surface area contributed by atoms with Gasteiger partial charge in [-0.1, -0.05) is 0 Å². The highest BCUT2D eigenvalue weighted by Gasteiger charge is 2.04. The topological polar surface area (TPSA) is 230 Å². The molecule has 2 rings (SSSR count). The van der Waals surface area contributed by atoms with Crippen LogP contribution in [0.2, 0.25) is 0 Å². The predicted molar refractivity (Wildman–Crippen MR) is 84.0 cm³/mol. The molecule has 16 heteroatoms. The molecule has 0 unspecified atom stereocenters. The van der Waals surface area contributed by atoms with Gasteiger partial charge in [-0.2, -0.15) is 32.6 Å². The standard InChI is InChI=1S/2C4H10N3.C2N10/c2*1-7(2,6)4-3-5;3(1-5-9-10-6-1)4-2-7-11-12-8-2/h2*4,6H2,1-2H3;/q2*+1;-2/b;;4-3+. The second-order valence-electron chi connectivity index (χ2n) is 5.75. The van der Waals surface area contributed by atoms with E-state index < -0.39 is 0 Å². The molecule has 0 aliphatic heterocycles. The molecule has 26 heavy (non-hydrogen) atoms. The van der Waals surface area contributed by atoms with E-state index in [2.05, 4.69) is 51.5 Å². The summed E-state index contributed by atoms with van der Waals surface area (Å²) >= 11 is 0. The van der Waals surface area contributed by atoms with Crippen molar-refractivity contribution in [2.75, 3.05) is 41.3 Å². The summed E-state index contributed by atoms with van der Waals surface area (Å²) in [5.41, 5.74) is 0. The van der Waals surface area contributed by atoms with Crippen LogP contribution in [0, 0.1) is 22.7 Å². The number of nitrogens with two attached hydrogens (primary N) is 2. The Labute approximate surface area is 149 Å². The Kier molecular flexibility index (Phi) is 9.69. The third-order valence-corrected chi connectivity index (χ3v) is 1.80. The summed E-state index contributed by atoms with van der Waals surface area (Å²) in [6, 6.07) is 3.91. The van der Waals surface area contributed by atoms with Crippen molar-refractivity contribution >= 4 is 11.9 Å². The van der Waals surface area contributed by atoms with Crippen molar-refractivity contribution in [3.8, 4) is 12.1 Å². The van der Waals surface area contributed by atoms with Gasteiger partial charge < -0.3 is 0 Å². The van der Waals surface area contributed by atoms with Crippen LogP contribution in [0.3, 0.4) is 0 Å². The number of nitriles is 2. The molecule has 0 aromatic carbocycles. The summed E-state index contributed by atoms with van der Waals surface area (Å²) in [6.07, 6.45) is 0. The minimum absolute atomic E-state index is 0.0415. The molecule has 0 aliphatic rings. The lowest BCUT2D eigenvalue weighted by molar-refractivity contribution is -0.895. The van der Waals surface area contributed by atoms with Crippen molar-refractivity contribution in [1.82, 2.24) is 41.2 Å². The van der Waals surface area contributed by atoms with Gasteiger partial charge in [-0.3, -0.25) is 20.4 Å². The molecule has 0 fully saturated rings. The molecule has 0 spiro atoms. The van der Waals surface area contributed by atoms with Gasteiger partial charge in [-0.15, -0.1) is 10.4 Å². The summed E-state index contributed by atoms with van der Waals surface area (Å²) in [7, 11) is 7.07. The van der Waals surface area contributed by atoms with Crippen molar-refractivity contribution in [3.05, 3.63) is 0 Å². The predicted octanol–water partition coefficient (Wildman–Crippen LogP) is -2.69. The summed E-state index contributed by atoms with van der Waals surface area (Å²) in [5, 5.41) is 49.4. The normalized spacial score (nSPS) is 10.8. The molecule has 0 saturated carbocycles. The van der Waals surface area contributed by atoms with Crippen molar-refractivity contribution in [3.63, 3.8) is 0 Å². The summed E-state index contributed by atoms with van der Waals surface area (Å²) in [4.78, 5) is 0. The van der Waals surface area contributed by atoms with Crippen molar-refractivity contribution < 1.29 is 9.18 Å². The van der Waals surface area contributed by atoms with E-state index in [-0.39, 0.29) is 21.1 Å². The van der Waals surface area contributed by atoms with Gasteiger partial charge in [-0.25, -0.2) is 19.4 Å². The van der Waals surface area contributed by atoms with E-state index in [0.717, 1.165) is 0 Å². The summed E-state index contributed by atoms with van der Waals surface area (Å²) in [5.74, 6) is 10.8. The van der Waals surface area contributed by atoms with Gasteiger partial charge in [0.2, 0.25) is 0 Å². The van der Waals surface area contributed by atoms with E-state index in [1.54, 1.807) is 28.2 Å². The maximum absolute atomic E-state index is 8.06. The molecule has 16 nitrogen and oxygen atoms in total. The highest BCUT2D eigenvalue weighted by atomic mass is 15.6. The molecule has 140 valence electrons. The number of azo groups is 1. The van der Waals surface area contributed by atoms with E-state index in [9.17, 15) is 0 Å². The molecule has 2 heterocycles. The molecule has 0 aliphatic carbocycles. The van der Waals surface area contributed by atoms with Gasteiger partial charge in [-0.05, 0) is 0 Å². The summed E-state index contributed by atoms with van der Waals surface area (Å²) < 4.78 is 0.465. The van der Waals surface area contributed by atoms with Gasteiger partial charge in [0.05, 0.1) is 28.2 Å². The molecule has 2 aromatic heterocycles. The maximum atomic E-state index is 8.06. The third-order valence-electron chi connectivity index (χ3n) is 1.80. The number of rotatable bonds is 4. The average Bonchev–Trinajstić information content (AvgIpc) is 3.18. The van der Waals surface area contributed by atoms with Crippen LogP contribution >= 0.6 is 0 Å². The van der Waals surface area contributed by atoms with Crippen LogP contribution in [-0.2, 0) is 0 Å². The first kappa shape index (κ1) is 22.6. The fraction of sp³-hybridized carbons (Fsp3) is 0.600. The number of tetrazole rings is 2. The Bertz CT molecular complexity index is 626. The minimum Gasteiger partial charge on any atom is -0.283 e. The first-order chi connectivity index (χ1) is 12.1. The molecular formula is C10H20N16. The first-order valence-electron chi connectivity index (χ1n) is 6.83. The minimum atomic E-state index is 0.0415. The molecule has 0 saturated heterocycles. The molecular weight excluding hydrogens is 344 g/mol. The van der Waals surface area contributed by atoms with Crippen LogP contribution in [0.1, 0.15) is 0 Å². The van der Waals surface area contributed by atoms with Crippen LogP contribution in [-0.4, -0.2) is 81.5 Å². The van der Waals surface area contributed by atoms with Gasteiger partial charge >= 0.3 is 0 Å². The largest absolute Gasteiger partial charge is 0.283 e. The molecule has 0 bridgehead atoms. The van der Waals surface area contributed by atoms with Crippen molar-refractivity contribution in [2.24, 2.45) is 21.9 Å². The van der Waals surface area contributed by atoms with Crippen LogP contribution in [0.5, 0.6) is 0 Å². The Balaban J connectivity index is 0.000000390. The Morgan fingerprint density at radius 2 is 1.19 bits per heavy atom. The second-order valence-corrected chi connectivity index (χ2v) is 5.75. The smallest absolute Gasteiger partial charge is 0.183 e. The first-order valence-corrected chi connectivity index (χ1v) is 6.83. The Hall–Kier alpha value is -3.44. The van der Waals surface area contributed by atoms with Gasteiger partial charge in [0.1, 0.15) is 24.0 Å². The zero-order valence-corrected chi connectivity index (χ0v) is 14.8. The number of hydrogen-bond acceptors (Lipinski definition) is 12. The lowest BCUT2D eigenvalue weighted by Crippen LogP contribution is -2.46. The Morgan fingerprint density at radius 1 is 0.846 bits per heavy atom. The Morgan fingerprint density at radius 3 is 1.35 bits per heavy atom. The van der Waals surface area contributed by atoms with E-state index in [4.69, 9.17) is 22.2 Å². The van der Waals surface area contributed by atoms with E-state index in [1.165, 1.54) is 0 Å². The number of nitrogens with zero attached hydrogens (tertiary/aromatic N) is 14. The molecule has 0 atom stereocenters. The number of aromatic nitrogens is 8. The van der Waals surface area contributed by atoms with Gasteiger partial charge in [0.25, 0.3) is 0 Å². The average molecular weight is 364 g/mol. The van der Waals surface area contributed by atoms with Crippen LogP contribution in [0.25, 0.3) is 0 Å². The van der Waals surface area contributed by atoms with Crippen molar-refractivity contribution in [1.29, 1.82) is 10.5 Å². The van der Waals surface area contributed by atoms with Gasteiger partial charge in [0, 0.05) is 0 Å². The van der Waals surface area contributed by atoms with Gasteiger partial charge in [0.15, 0.2) is 13.1 Å². The SMILES string of the molecule is C[N+](C)(N)CC#N.C[N+](C)(N)CC#N.N(=N\c1nnn[n-]1)/c1nnn[n-]1. The second kappa shape index (κ2) is 11.2. The lowest BCUT2D eigenvalue weighted by Gasteiger charge is -2.16. The monoisotopic (exact) mass is 364 g/mol. The molecule has 2 aromatic rings.